The molecule has 0 radical (unpaired) electrons. The first-order chi connectivity index (χ1) is 9.55. The maximum absolute atomic E-state index is 13.5. The van der Waals surface area contributed by atoms with E-state index in [9.17, 15) is 44.3 Å². The van der Waals surface area contributed by atoms with E-state index in [1.165, 1.54) is 0 Å². The van der Waals surface area contributed by atoms with Gasteiger partial charge in [-0.25, -0.2) is 4.79 Å². The number of carbonyl (C=O) groups is 1. The maximum atomic E-state index is 13.5. The zero-order chi connectivity index (χ0) is 18.1. The van der Waals surface area contributed by atoms with Gasteiger partial charge in [-0.3, -0.25) is 0 Å². The average Bonchev–Trinajstić information content (AvgIpc) is 2.32. The van der Waals surface area contributed by atoms with Gasteiger partial charge in [-0.15, -0.1) is 0 Å². The van der Waals surface area contributed by atoms with Crippen molar-refractivity contribution in [1.29, 1.82) is 0 Å². The predicted molar refractivity (Wildman–Crippen MR) is 53.1 cm³/mol. The quantitative estimate of drug-likeness (QED) is 0.431. The number of alkyl halides is 9. The van der Waals surface area contributed by atoms with Gasteiger partial charge in [0.15, 0.2) is 0 Å². The van der Waals surface area contributed by atoms with Crippen LogP contribution < -0.4 is 0 Å². The fourth-order valence-electron chi connectivity index (χ4n) is 1.37. The molecule has 0 aliphatic heterocycles. The van der Waals surface area contributed by atoms with Crippen LogP contribution in [-0.4, -0.2) is 40.1 Å². The molecular weight excluding hydrogens is 339 g/mol. The lowest BCUT2D eigenvalue weighted by Gasteiger charge is -2.34. The summed E-state index contributed by atoms with van der Waals surface area (Å²) in [4.78, 5) is 10.3. The Balaban J connectivity index is 6.29. The molecule has 12 heteroatoms. The Morgan fingerprint density at radius 3 is 1.55 bits per heavy atom. The number of halogens is 9. The predicted octanol–water partition coefficient (Wildman–Crippen LogP) is 4.15. The van der Waals surface area contributed by atoms with Crippen molar-refractivity contribution in [3.8, 4) is 0 Å². The number of hydrogen-bond donors (Lipinski definition) is 2. The summed E-state index contributed by atoms with van der Waals surface area (Å²) >= 11 is 0. The van der Waals surface area contributed by atoms with Gasteiger partial charge >= 0.3 is 29.9 Å². The minimum atomic E-state index is -7.15. The van der Waals surface area contributed by atoms with Crippen LogP contribution in [0.1, 0.15) is 19.8 Å². The molecular formula is C10H9F9O3. The van der Waals surface area contributed by atoms with Gasteiger partial charge in [-0.1, -0.05) is 13.3 Å². The molecule has 0 aromatic heterocycles. The van der Waals surface area contributed by atoms with Gasteiger partial charge < -0.3 is 10.2 Å². The van der Waals surface area contributed by atoms with E-state index in [-0.39, 0.29) is 0 Å². The molecule has 0 aliphatic rings. The van der Waals surface area contributed by atoms with Crippen molar-refractivity contribution in [3.05, 3.63) is 11.3 Å². The second-order valence-electron chi connectivity index (χ2n) is 4.10. The smallest absolute Gasteiger partial charge is 0.460 e. The molecule has 0 atom stereocenters. The highest BCUT2D eigenvalue weighted by atomic mass is 19.4. The third kappa shape index (κ3) is 3.09. The Hall–Kier alpha value is -1.62. The van der Waals surface area contributed by atoms with Gasteiger partial charge in [0.2, 0.25) is 5.76 Å². The molecule has 0 rings (SSSR count). The van der Waals surface area contributed by atoms with Crippen molar-refractivity contribution in [2.45, 2.75) is 43.7 Å². The Morgan fingerprint density at radius 2 is 1.27 bits per heavy atom. The molecule has 0 spiro atoms. The molecule has 0 aliphatic carbocycles. The van der Waals surface area contributed by atoms with Crippen molar-refractivity contribution in [1.82, 2.24) is 0 Å². The van der Waals surface area contributed by atoms with Crippen LogP contribution >= 0.6 is 0 Å². The number of aliphatic carboxylic acids is 1. The first-order valence-electron chi connectivity index (χ1n) is 5.41. The summed E-state index contributed by atoms with van der Waals surface area (Å²) in [5.74, 6) is -25.4. The highest BCUT2D eigenvalue weighted by molar-refractivity contribution is 5.85. The molecule has 2 N–H and O–H groups in total. The van der Waals surface area contributed by atoms with Crippen molar-refractivity contribution in [2.75, 3.05) is 0 Å². The normalized spacial score (nSPS) is 15.5. The Kier molecular flexibility index (Phi) is 5.44. The van der Waals surface area contributed by atoms with Gasteiger partial charge in [0.1, 0.15) is 0 Å². The van der Waals surface area contributed by atoms with E-state index in [2.05, 4.69) is 0 Å². The number of rotatable bonds is 6. The zero-order valence-corrected chi connectivity index (χ0v) is 10.6. The molecule has 22 heavy (non-hydrogen) atoms. The Bertz CT molecular complexity index is 465. The van der Waals surface area contributed by atoms with E-state index < -0.39 is 54.1 Å². The summed E-state index contributed by atoms with van der Waals surface area (Å²) in [6.45, 7) is 1.02. The van der Waals surface area contributed by atoms with E-state index >= 15 is 0 Å². The van der Waals surface area contributed by atoms with E-state index in [0.717, 1.165) is 6.92 Å². The van der Waals surface area contributed by atoms with E-state index in [1.54, 1.807) is 0 Å². The van der Waals surface area contributed by atoms with E-state index in [4.69, 9.17) is 10.2 Å². The highest BCUT2D eigenvalue weighted by Gasteiger charge is 2.82. The first-order valence-corrected chi connectivity index (χ1v) is 5.41. The highest BCUT2D eigenvalue weighted by Crippen LogP contribution is 2.55. The van der Waals surface area contributed by atoms with E-state index in [0.29, 0.717) is 0 Å². The number of carboxylic acids is 1. The van der Waals surface area contributed by atoms with Gasteiger partial charge in [0.25, 0.3) is 0 Å². The summed E-state index contributed by atoms with van der Waals surface area (Å²) in [6, 6.07) is 0. The molecule has 0 amide bonds. The van der Waals surface area contributed by atoms with Gasteiger partial charge in [-0.05, 0) is 6.42 Å². The molecule has 0 bridgehead atoms. The second-order valence-corrected chi connectivity index (χ2v) is 4.10. The number of aliphatic hydroxyl groups is 1. The molecule has 0 aromatic rings. The van der Waals surface area contributed by atoms with Crippen molar-refractivity contribution >= 4 is 5.97 Å². The minimum absolute atomic E-state index is 0.532. The lowest BCUT2D eigenvalue weighted by Crippen LogP contribution is -2.61. The Labute approximate surface area is 117 Å². The summed E-state index contributed by atoms with van der Waals surface area (Å²) < 4.78 is 114. The topological polar surface area (TPSA) is 57.5 Å². The van der Waals surface area contributed by atoms with Crippen LogP contribution in [0, 0.1) is 0 Å². The SMILES string of the molecule is CCCC(=C(O)C(=O)O)C(F)(F)C(F)(F)C(F)(F)C(F)(F)F. The minimum Gasteiger partial charge on any atom is -0.502 e. The molecule has 0 heterocycles. The van der Waals surface area contributed by atoms with Crippen LogP contribution in [0.25, 0.3) is 0 Å². The van der Waals surface area contributed by atoms with Crippen LogP contribution in [0.5, 0.6) is 0 Å². The Morgan fingerprint density at radius 1 is 0.864 bits per heavy atom. The fraction of sp³-hybridized carbons (Fsp3) is 0.700. The molecule has 0 fully saturated rings. The summed E-state index contributed by atoms with van der Waals surface area (Å²) in [5.41, 5.74) is -2.42. The van der Waals surface area contributed by atoms with Crippen molar-refractivity contribution < 1.29 is 54.5 Å². The van der Waals surface area contributed by atoms with Gasteiger partial charge in [0.05, 0.1) is 5.57 Å². The monoisotopic (exact) mass is 348 g/mol. The lowest BCUT2D eigenvalue weighted by atomic mass is 9.92. The standard InChI is InChI=1S/C10H9F9O3/c1-2-3-4(5(20)6(21)22)7(11,12)8(13,14)9(15,16)10(17,18)19/h20H,2-3H2,1H3,(H,21,22). The molecule has 0 aromatic carbocycles. The summed E-state index contributed by atoms with van der Waals surface area (Å²) in [5, 5.41) is 17.1. The van der Waals surface area contributed by atoms with Crippen LogP contribution in [0.2, 0.25) is 0 Å². The van der Waals surface area contributed by atoms with Crippen LogP contribution in [0.3, 0.4) is 0 Å². The molecule has 0 saturated carbocycles. The van der Waals surface area contributed by atoms with E-state index in [1.807, 2.05) is 0 Å². The second kappa shape index (κ2) is 5.88. The maximum Gasteiger partial charge on any atom is 0.460 e. The largest absolute Gasteiger partial charge is 0.502 e. The number of allylic oxidation sites excluding steroid dienone is 1. The summed E-state index contributed by atoms with van der Waals surface area (Å²) in [7, 11) is 0. The molecule has 0 saturated heterocycles. The lowest BCUT2D eigenvalue weighted by molar-refractivity contribution is -0.390. The summed E-state index contributed by atoms with van der Waals surface area (Å²) in [6.07, 6.45) is -8.89. The fourth-order valence-corrected chi connectivity index (χ4v) is 1.37. The van der Waals surface area contributed by atoms with Crippen molar-refractivity contribution in [2.24, 2.45) is 0 Å². The van der Waals surface area contributed by atoms with Crippen molar-refractivity contribution in [3.63, 3.8) is 0 Å². The number of aliphatic hydroxyl groups excluding tert-OH is 1. The first kappa shape index (κ1) is 20.4. The third-order valence-corrected chi connectivity index (χ3v) is 2.51. The number of hydrogen-bond acceptors (Lipinski definition) is 2. The molecule has 130 valence electrons. The van der Waals surface area contributed by atoms with Crippen LogP contribution in [0.4, 0.5) is 39.5 Å². The zero-order valence-electron chi connectivity index (χ0n) is 10.6. The molecule has 3 nitrogen and oxygen atoms in total. The average molecular weight is 348 g/mol. The number of carboxylic acid groups (broad SMARTS) is 1. The third-order valence-electron chi connectivity index (χ3n) is 2.51. The van der Waals surface area contributed by atoms with Crippen LogP contribution in [0.15, 0.2) is 11.3 Å². The van der Waals surface area contributed by atoms with Crippen LogP contribution in [-0.2, 0) is 4.79 Å². The molecule has 0 unspecified atom stereocenters. The van der Waals surface area contributed by atoms with Gasteiger partial charge in [0, 0.05) is 0 Å². The van der Waals surface area contributed by atoms with Gasteiger partial charge in [-0.2, -0.15) is 39.5 Å².